The van der Waals surface area contributed by atoms with E-state index in [4.69, 9.17) is 21.1 Å². The van der Waals surface area contributed by atoms with Crippen molar-refractivity contribution < 1.29 is 22.7 Å². The SMILES string of the molecule is O=C(O)c1ccc(-c2ccc(NS(=O)(=O)c3ccc(Cl)cc3)cc2)o1. The van der Waals surface area contributed by atoms with E-state index in [9.17, 15) is 13.2 Å². The molecular formula is C17H12ClNO5S. The van der Waals surface area contributed by atoms with E-state index in [1.54, 1.807) is 24.3 Å². The third kappa shape index (κ3) is 3.84. The van der Waals surface area contributed by atoms with Crippen molar-refractivity contribution in [1.82, 2.24) is 0 Å². The van der Waals surface area contributed by atoms with Crippen LogP contribution >= 0.6 is 11.6 Å². The molecule has 3 rings (SSSR count). The average molecular weight is 378 g/mol. The van der Waals surface area contributed by atoms with Gasteiger partial charge in [-0.2, -0.15) is 0 Å². The van der Waals surface area contributed by atoms with Gasteiger partial charge in [0.2, 0.25) is 5.76 Å². The zero-order chi connectivity index (χ0) is 18.0. The van der Waals surface area contributed by atoms with E-state index in [0.29, 0.717) is 22.0 Å². The van der Waals surface area contributed by atoms with Gasteiger partial charge in [-0.3, -0.25) is 4.72 Å². The quantitative estimate of drug-likeness (QED) is 0.697. The molecule has 2 N–H and O–H groups in total. The van der Waals surface area contributed by atoms with E-state index in [0.717, 1.165) is 0 Å². The second kappa shape index (κ2) is 6.62. The first-order valence-corrected chi connectivity index (χ1v) is 8.93. The summed E-state index contributed by atoms with van der Waals surface area (Å²) in [4.78, 5) is 10.9. The number of hydrogen-bond acceptors (Lipinski definition) is 4. The van der Waals surface area contributed by atoms with Crippen molar-refractivity contribution in [3.63, 3.8) is 0 Å². The molecule has 0 unspecified atom stereocenters. The minimum absolute atomic E-state index is 0.0955. The molecule has 1 heterocycles. The third-order valence-electron chi connectivity index (χ3n) is 3.36. The number of halogens is 1. The predicted octanol–water partition coefficient (Wildman–Crippen LogP) is 4.10. The van der Waals surface area contributed by atoms with Crippen LogP contribution in [0.1, 0.15) is 10.6 Å². The van der Waals surface area contributed by atoms with Gasteiger partial charge in [-0.05, 0) is 60.7 Å². The van der Waals surface area contributed by atoms with Crippen molar-refractivity contribution in [2.45, 2.75) is 4.90 Å². The highest BCUT2D eigenvalue weighted by Crippen LogP contribution is 2.25. The molecule has 0 aliphatic heterocycles. The van der Waals surface area contributed by atoms with Crippen LogP contribution < -0.4 is 4.72 Å². The number of furan rings is 1. The number of anilines is 1. The maximum absolute atomic E-state index is 12.3. The zero-order valence-corrected chi connectivity index (χ0v) is 14.2. The Kier molecular flexibility index (Phi) is 4.52. The molecule has 0 fully saturated rings. The summed E-state index contributed by atoms with van der Waals surface area (Å²) in [6.45, 7) is 0. The molecule has 0 spiro atoms. The van der Waals surface area contributed by atoms with E-state index < -0.39 is 16.0 Å². The van der Waals surface area contributed by atoms with Gasteiger partial charge < -0.3 is 9.52 Å². The van der Waals surface area contributed by atoms with Crippen molar-refractivity contribution in [3.8, 4) is 11.3 Å². The van der Waals surface area contributed by atoms with Gasteiger partial charge in [0.15, 0.2) is 0 Å². The first-order valence-electron chi connectivity index (χ1n) is 7.07. The van der Waals surface area contributed by atoms with Crippen molar-refractivity contribution in [2.75, 3.05) is 4.72 Å². The Hall–Kier alpha value is -2.77. The largest absolute Gasteiger partial charge is 0.475 e. The third-order valence-corrected chi connectivity index (χ3v) is 5.01. The Morgan fingerprint density at radius 1 is 0.960 bits per heavy atom. The number of hydrogen-bond donors (Lipinski definition) is 2. The zero-order valence-electron chi connectivity index (χ0n) is 12.6. The molecule has 1 aromatic heterocycles. The number of nitrogens with one attached hydrogen (secondary N) is 1. The average Bonchev–Trinajstić information content (AvgIpc) is 3.06. The van der Waals surface area contributed by atoms with Crippen molar-refractivity contribution in [1.29, 1.82) is 0 Å². The molecule has 25 heavy (non-hydrogen) atoms. The fraction of sp³-hybridized carbons (Fsp3) is 0. The molecule has 0 bridgehead atoms. The standard InChI is InChI=1S/C17H12ClNO5S/c18-12-3-7-14(8-4-12)25(22,23)19-13-5-1-11(2-6-13)15-9-10-16(24-15)17(20)21/h1-10,19H,(H,20,21). The number of aromatic carboxylic acids is 1. The summed E-state index contributed by atoms with van der Waals surface area (Å²) in [6, 6.07) is 15.1. The number of carboxylic acids is 1. The normalized spacial score (nSPS) is 11.2. The topological polar surface area (TPSA) is 96.6 Å². The van der Waals surface area contributed by atoms with Crippen LogP contribution in [0.3, 0.4) is 0 Å². The van der Waals surface area contributed by atoms with Crippen LogP contribution in [0.15, 0.2) is 70.0 Å². The van der Waals surface area contributed by atoms with Gasteiger partial charge in [0.1, 0.15) is 5.76 Å². The lowest BCUT2D eigenvalue weighted by atomic mass is 10.1. The summed E-state index contributed by atoms with van der Waals surface area (Å²) in [6.07, 6.45) is 0. The Morgan fingerprint density at radius 3 is 2.16 bits per heavy atom. The van der Waals surface area contributed by atoms with E-state index >= 15 is 0 Å². The van der Waals surface area contributed by atoms with Gasteiger partial charge in [0, 0.05) is 16.3 Å². The molecule has 0 aliphatic rings. The number of sulfonamides is 1. The van der Waals surface area contributed by atoms with Crippen LogP contribution in [0.2, 0.25) is 5.02 Å². The second-order valence-electron chi connectivity index (χ2n) is 5.11. The Labute approximate surface area is 148 Å². The van der Waals surface area contributed by atoms with E-state index in [-0.39, 0.29) is 10.7 Å². The molecule has 0 saturated carbocycles. The molecular weight excluding hydrogens is 366 g/mol. The molecule has 0 aliphatic carbocycles. The first-order chi connectivity index (χ1) is 11.8. The molecule has 128 valence electrons. The van der Waals surface area contributed by atoms with Gasteiger partial charge in [-0.15, -0.1) is 0 Å². The van der Waals surface area contributed by atoms with Gasteiger partial charge in [-0.25, -0.2) is 13.2 Å². The molecule has 2 aromatic carbocycles. The van der Waals surface area contributed by atoms with Crippen LogP contribution in [0.5, 0.6) is 0 Å². The minimum Gasteiger partial charge on any atom is -0.475 e. The smallest absolute Gasteiger partial charge is 0.371 e. The summed E-state index contributed by atoms with van der Waals surface area (Å²) in [7, 11) is -3.72. The number of benzene rings is 2. The molecule has 8 heteroatoms. The molecule has 0 radical (unpaired) electrons. The number of carboxylic acid groups (broad SMARTS) is 1. The minimum atomic E-state index is -3.72. The first kappa shape index (κ1) is 17.1. The summed E-state index contributed by atoms with van der Waals surface area (Å²) in [5.74, 6) is -0.939. The van der Waals surface area contributed by atoms with Crippen molar-refractivity contribution >= 4 is 33.3 Å². The maximum Gasteiger partial charge on any atom is 0.371 e. The monoisotopic (exact) mass is 377 g/mol. The Balaban J connectivity index is 1.80. The van der Waals surface area contributed by atoms with Crippen LogP contribution in [0, 0.1) is 0 Å². The fourth-order valence-electron chi connectivity index (χ4n) is 2.14. The second-order valence-corrected chi connectivity index (χ2v) is 7.22. The summed E-state index contributed by atoms with van der Waals surface area (Å²) < 4.78 is 32.3. The molecule has 3 aromatic rings. The van der Waals surface area contributed by atoms with E-state index in [1.165, 1.54) is 36.4 Å². The van der Waals surface area contributed by atoms with Crippen LogP contribution in [0.25, 0.3) is 11.3 Å². The maximum atomic E-state index is 12.3. The van der Waals surface area contributed by atoms with E-state index in [1.807, 2.05) is 0 Å². The highest BCUT2D eigenvalue weighted by molar-refractivity contribution is 7.92. The summed E-state index contributed by atoms with van der Waals surface area (Å²) >= 11 is 5.76. The summed E-state index contributed by atoms with van der Waals surface area (Å²) in [5.41, 5.74) is 0.991. The van der Waals surface area contributed by atoms with Gasteiger partial charge >= 0.3 is 5.97 Å². The lowest BCUT2D eigenvalue weighted by Gasteiger charge is -2.08. The molecule has 0 atom stereocenters. The van der Waals surface area contributed by atoms with Crippen LogP contribution in [0.4, 0.5) is 5.69 Å². The van der Waals surface area contributed by atoms with Gasteiger partial charge in [0.25, 0.3) is 10.0 Å². The highest BCUT2D eigenvalue weighted by atomic mass is 35.5. The van der Waals surface area contributed by atoms with Crippen molar-refractivity contribution in [2.24, 2.45) is 0 Å². The highest BCUT2D eigenvalue weighted by Gasteiger charge is 2.14. The van der Waals surface area contributed by atoms with Crippen LogP contribution in [-0.2, 0) is 10.0 Å². The number of rotatable bonds is 5. The predicted molar refractivity (Wildman–Crippen MR) is 93.4 cm³/mol. The van der Waals surface area contributed by atoms with Crippen LogP contribution in [-0.4, -0.2) is 19.5 Å². The summed E-state index contributed by atoms with van der Waals surface area (Å²) in [5, 5.41) is 9.31. The lowest BCUT2D eigenvalue weighted by molar-refractivity contribution is 0.0663. The lowest BCUT2D eigenvalue weighted by Crippen LogP contribution is -2.12. The molecule has 0 amide bonds. The van der Waals surface area contributed by atoms with Gasteiger partial charge in [0.05, 0.1) is 4.90 Å². The van der Waals surface area contributed by atoms with Gasteiger partial charge in [-0.1, -0.05) is 11.6 Å². The molecule has 6 nitrogen and oxygen atoms in total. The van der Waals surface area contributed by atoms with E-state index in [2.05, 4.69) is 4.72 Å². The van der Waals surface area contributed by atoms with Crippen molar-refractivity contribution in [3.05, 3.63) is 71.4 Å². The Bertz CT molecular complexity index is 1010. The number of carbonyl (C=O) groups is 1. The molecule has 0 saturated heterocycles. The Morgan fingerprint density at radius 2 is 1.60 bits per heavy atom. The fourth-order valence-corrected chi connectivity index (χ4v) is 3.32.